The van der Waals surface area contributed by atoms with E-state index >= 15 is 0 Å². The summed E-state index contributed by atoms with van der Waals surface area (Å²) < 4.78 is 2.82. The van der Waals surface area contributed by atoms with Crippen molar-refractivity contribution in [3.63, 3.8) is 0 Å². The molecule has 1 aromatic heterocycles. The molecule has 0 fully saturated rings. The molecule has 1 aromatic carbocycles. The summed E-state index contributed by atoms with van der Waals surface area (Å²) >= 11 is 9.37. The summed E-state index contributed by atoms with van der Waals surface area (Å²) in [5, 5.41) is 13.0. The Morgan fingerprint density at radius 1 is 1.42 bits per heavy atom. The van der Waals surface area contributed by atoms with Crippen molar-refractivity contribution in [1.29, 1.82) is 5.26 Å². The predicted octanol–water partition coefficient (Wildman–Crippen LogP) is 4.23. The zero-order valence-electron chi connectivity index (χ0n) is 10.7. The van der Waals surface area contributed by atoms with Gasteiger partial charge in [-0.2, -0.15) is 5.26 Å². The van der Waals surface area contributed by atoms with Crippen LogP contribution in [0.1, 0.15) is 17.0 Å². The predicted molar refractivity (Wildman–Crippen MR) is 81.3 cm³/mol. The SMILES string of the molecule is Cc1c(CNc2ccc(Cl)cc2Br)cc(C#N)n1C. The smallest absolute Gasteiger partial charge is 0.120 e. The highest BCUT2D eigenvalue weighted by atomic mass is 79.9. The van der Waals surface area contributed by atoms with Crippen LogP contribution < -0.4 is 5.32 Å². The maximum Gasteiger partial charge on any atom is 0.120 e. The van der Waals surface area contributed by atoms with Crippen LogP contribution in [-0.4, -0.2) is 4.57 Å². The van der Waals surface area contributed by atoms with E-state index in [0.29, 0.717) is 17.3 Å². The van der Waals surface area contributed by atoms with Gasteiger partial charge in [-0.15, -0.1) is 0 Å². The number of nitrogens with zero attached hydrogens (tertiary/aromatic N) is 2. The molecular formula is C14H13BrClN3. The van der Waals surface area contributed by atoms with Crippen LogP contribution in [-0.2, 0) is 13.6 Å². The minimum atomic E-state index is 0.668. The Balaban J connectivity index is 2.17. The highest BCUT2D eigenvalue weighted by molar-refractivity contribution is 9.10. The van der Waals surface area contributed by atoms with E-state index in [1.165, 1.54) is 0 Å². The minimum absolute atomic E-state index is 0.668. The zero-order chi connectivity index (χ0) is 14.0. The molecule has 5 heteroatoms. The number of nitriles is 1. The molecule has 0 saturated heterocycles. The fraction of sp³-hybridized carbons (Fsp3) is 0.214. The first-order valence-electron chi connectivity index (χ1n) is 5.77. The molecule has 0 bridgehead atoms. The van der Waals surface area contributed by atoms with E-state index in [1.54, 1.807) is 0 Å². The lowest BCUT2D eigenvalue weighted by Gasteiger charge is -2.09. The molecule has 2 aromatic rings. The van der Waals surface area contributed by atoms with Gasteiger partial charge in [-0.1, -0.05) is 11.6 Å². The van der Waals surface area contributed by atoms with Crippen molar-refractivity contribution in [3.05, 3.63) is 50.7 Å². The van der Waals surface area contributed by atoms with Crippen LogP contribution in [0, 0.1) is 18.3 Å². The second-order valence-corrected chi connectivity index (χ2v) is 5.58. The van der Waals surface area contributed by atoms with Crippen molar-refractivity contribution in [2.75, 3.05) is 5.32 Å². The monoisotopic (exact) mass is 337 g/mol. The number of anilines is 1. The van der Waals surface area contributed by atoms with Crippen LogP contribution in [0.4, 0.5) is 5.69 Å². The third-order valence-corrected chi connectivity index (χ3v) is 4.05. The molecule has 1 heterocycles. The molecule has 19 heavy (non-hydrogen) atoms. The number of halogens is 2. The van der Waals surface area contributed by atoms with Gasteiger partial charge in [-0.25, -0.2) is 0 Å². The quantitative estimate of drug-likeness (QED) is 0.909. The Bertz CT molecular complexity index is 655. The number of hydrogen-bond donors (Lipinski definition) is 1. The summed E-state index contributed by atoms with van der Waals surface area (Å²) in [5.74, 6) is 0. The number of rotatable bonds is 3. The molecule has 0 aliphatic heterocycles. The first kappa shape index (κ1) is 14.0. The number of nitrogens with one attached hydrogen (secondary N) is 1. The van der Waals surface area contributed by atoms with Gasteiger partial charge in [0, 0.05) is 34.5 Å². The van der Waals surface area contributed by atoms with Crippen molar-refractivity contribution < 1.29 is 0 Å². The Hall–Kier alpha value is -1.44. The number of hydrogen-bond acceptors (Lipinski definition) is 2. The lowest BCUT2D eigenvalue weighted by Crippen LogP contribution is -2.02. The first-order valence-corrected chi connectivity index (χ1v) is 6.94. The lowest BCUT2D eigenvalue weighted by molar-refractivity contribution is 0.856. The number of aromatic nitrogens is 1. The normalized spacial score (nSPS) is 10.3. The van der Waals surface area contributed by atoms with Gasteiger partial charge in [0.2, 0.25) is 0 Å². The van der Waals surface area contributed by atoms with Crippen LogP contribution in [0.5, 0.6) is 0 Å². The van der Waals surface area contributed by atoms with E-state index in [0.717, 1.165) is 21.4 Å². The van der Waals surface area contributed by atoms with Crippen LogP contribution in [0.3, 0.4) is 0 Å². The number of benzene rings is 1. The summed E-state index contributed by atoms with van der Waals surface area (Å²) in [5.41, 5.74) is 3.85. The highest BCUT2D eigenvalue weighted by Crippen LogP contribution is 2.26. The first-order chi connectivity index (χ1) is 9.02. The van der Waals surface area contributed by atoms with E-state index in [-0.39, 0.29) is 0 Å². The van der Waals surface area contributed by atoms with Crippen LogP contribution in [0.15, 0.2) is 28.7 Å². The zero-order valence-corrected chi connectivity index (χ0v) is 13.0. The second kappa shape index (κ2) is 5.68. The van der Waals surface area contributed by atoms with Gasteiger partial charge in [0.1, 0.15) is 11.8 Å². The molecule has 0 spiro atoms. The fourth-order valence-corrected chi connectivity index (χ4v) is 2.69. The minimum Gasteiger partial charge on any atom is -0.380 e. The van der Waals surface area contributed by atoms with E-state index < -0.39 is 0 Å². The van der Waals surface area contributed by atoms with Crippen LogP contribution in [0.25, 0.3) is 0 Å². The third kappa shape index (κ3) is 2.94. The van der Waals surface area contributed by atoms with Gasteiger partial charge in [0.05, 0.1) is 0 Å². The molecule has 0 saturated carbocycles. The summed E-state index contributed by atoms with van der Waals surface area (Å²) in [6.07, 6.45) is 0. The Kier molecular flexibility index (Phi) is 4.18. The van der Waals surface area contributed by atoms with Crippen LogP contribution >= 0.6 is 27.5 Å². The molecule has 0 radical (unpaired) electrons. The average molecular weight is 339 g/mol. The van der Waals surface area contributed by atoms with Crippen molar-refractivity contribution in [3.8, 4) is 6.07 Å². The maximum atomic E-state index is 9.00. The van der Waals surface area contributed by atoms with Gasteiger partial charge in [0.25, 0.3) is 0 Å². The molecule has 2 rings (SSSR count). The Morgan fingerprint density at radius 2 is 2.16 bits per heavy atom. The fourth-order valence-electron chi connectivity index (χ4n) is 1.87. The van der Waals surface area contributed by atoms with Gasteiger partial charge < -0.3 is 9.88 Å². The standard InChI is InChI=1S/C14H13BrClN3/c1-9-10(5-12(7-17)19(9)2)8-18-14-4-3-11(16)6-13(14)15/h3-6,18H,8H2,1-2H3. The van der Waals surface area contributed by atoms with Crippen molar-refractivity contribution >= 4 is 33.2 Å². The van der Waals surface area contributed by atoms with Gasteiger partial charge >= 0.3 is 0 Å². The largest absolute Gasteiger partial charge is 0.380 e. The van der Waals surface area contributed by atoms with E-state index in [9.17, 15) is 0 Å². The molecule has 0 unspecified atom stereocenters. The molecule has 3 nitrogen and oxygen atoms in total. The van der Waals surface area contributed by atoms with Gasteiger partial charge in [-0.3, -0.25) is 0 Å². The molecule has 0 amide bonds. The maximum absolute atomic E-state index is 9.00. The van der Waals surface area contributed by atoms with Crippen molar-refractivity contribution in [2.45, 2.75) is 13.5 Å². The lowest BCUT2D eigenvalue weighted by atomic mass is 10.2. The second-order valence-electron chi connectivity index (χ2n) is 4.29. The molecular weight excluding hydrogens is 326 g/mol. The molecule has 0 atom stereocenters. The average Bonchev–Trinajstić information content (AvgIpc) is 2.65. The molecule has 1 N–H and O–H groups in total. The highest BCUT2D eigenvalue weighted by Gasteiger charge is 2.09. The third-order valence-electron chi connectivity index (χ3n) is 3.16. The van der Waals surface area contributed by atoms with E-state index in [2.05, 4.69) is 27.3 Å². The van der Waals surface area contributed by atoms with Gasteiger partial charge in [-0.05, 0) is 52.7 Å². The summed E-state index contributed by atoms with van der Waals surface area (Å²) in [6.45, 7) is 2.68. The van der Waals surface area contributed by atoms with Crippen LogP contribution in [0.2, 0.25) is 5.02 Å². The molecule has 0 aliphatic rings. The Labute approximate surface area is 125 Å². The summed E-state index contributed by atoms with van der Waals surface area (Å²) in [6, 6.07) is 9.71. The van der Waals surface area contributed by atoms with E-state index in [1.807, 2.05) is 42.8 Å². The van der Waals surface area contributed by atoms with Crippen molar-refractivity contribution in [1.82, 2.24) is 4.57 Å². The van der Waals surface area contributed by atoms with Gasteiger partial charge in [0.15, 0.2) is 0 Å². The topological polar surface area (TPSA) is 40.8 Å². The Morgan fingerprint density at radius 3 is 2.74 bits per heavy atom. The summed E-state index contributed by atoms with van der Waals surface area (Å²) in [7, 11) is 1.90. The van der Waals surface area contributed by atoms with E-state index in [4.69, 9.17) is 16.9 Å². The molecule has 98 valence electrons. The van der Waals surface area contributed by atoms with Crippen molar-refractivity contribution in [2.24, 2.45) is 7.05 Å². The molecule has 0 aliphatic carbocycles. The summed E-state index contributed by atoms with van der Waals surface area (Å²) in [4.78, 5) is 0.